The predicted molar refractivity (Wildman–Crippen MR) is 160 cm³/mol. The van der Waals surface area contributed by atoms with Crippen molar-refractivity contribution in [2.45, 2.75) is 30.0 Å². The number of thioether (sulfide) groups is 1. The Morgan fingerprint density at radius 2 is 1.68 bits per heavy atom. The van der Waals surface area contributed by atoms with Crippen molar-refractivity contribution in [2.24, 2.45) is 0 Å². The number of hydrogen-bond acceptors (Lipinski definition) is 6. The van der Waals surface area contributed by atoms with Gasteiger partial charge in [-0.3, -0.25) is 19.3 Å². The molecule has 2 heterocycles. The number of halogens is 4. The molecular weight excluding hydrogens is 618 g/mol. The first-order valence-corrected chi connectivity index (χ1v) is 15.3. The Kier molecular flexibility index (Phi) is 11.7. The van der Waals surface area contributed by atoms with Gasteiger partial charge in [0.25, 0.3) is 0 Å². The minimum absolute atomic E-state index is 0.0684. The average molecular weight is 648 g/mol. The zero-order valence-electron chi connectivity index (χ0n) is 21.6. The van der Waals surface area contributed by atoms with Crippen LogP contribution in [0.3, 0.4) is 0 Å². The first-order valence-electron chi connectivity index (χ1n) is 12.9. The van der Waals surface area contributed by atoms with Crippen molar-refractivity contribution >= 4 is 75.9 Å². The van der Waals surface area contributed by atoms with Crippen LogP contribution in [0.4, 0.5) is 0 Å². The Hall–Kier alpha value is -1.72. The lowest BCUT2D eigenvalue weighted by molar-refractivity contribution is -0.136. The highest BCUT2D eigenvalue weighted by molar-refractivity contribution is 8.01. The summed E-state index contributed by atoms with van der Waals surface area (Å²) >= 11 is 26.1. The second kappa shape index (κ2) is 15.0. The van der Waals surface area contributed by atoms with Gasteiger partial charge in [0.2, 0.25) is 17.7 Å². The highest BCUT2D eigenvalue weighted by atomic mass is 35.5. The van der Waals surface area contributed by atoms with Gasteiger partial charge >= 0.3 is 0 Å². The van der Waals surface area contributed by atoms with Gasteiger partial charge in [-0.1, -0.05) is 52.5 Å². The summed E-state index contributed by atoms with van der Waals surface area (Å²) in [5.41, 5.74) is 1.32. The lowest BCUT2D eigenvalue weighted by Crippen LogP contribution is -2.42. The summed E-state index contributed by atoms with van der Waals surface area (Å²) in [5.74, 6) is -0.899. The summed E-state index contributed by atoms with van der Waals surface area (Å²) in [7, 11) is 0. The molecule has 0 radical (unpaired) electrons. The lowest BCUT2D eigenvalue weighted by Gasteiger charge is -2.26. The number of nitrogens with one attached hydrogen (secondary N) is 2. The van der Waals surface area contributed by atoms with Crippen LogP contribution < -0.4 is 10.6 Å². The molecular formula is C27H30Cl4N4O4S. The molecule has 216 valence electrons. The number of morpholine rings is 1. The predicted octanol–water partition coefficient (Wildman–Crippen LogP) is 4.79. The fourth-order valence-electron chi connectivity index (χ4n) is 4.51. The minimum Gasteiger partial charge on any atom is -0.379 e. The third kappa shape index (κ3) is 8.64. The van der Waals surface area contributed by atoms with Crippen LogP contribution in [0.2, 0.25) is 20.1 Å². The van der Waals surface area contributed by atoms with Crippen LogP contribution in [-0.2, 0) is 25.7 Å². The normalized spacial score (nSPS) is 19.6. The second-order valence-electron chi connectivity index (χ2n) is 9.48. The molecule has 2 N–H and O–H groups in total. The molecule has 13 heteroatoms. The Morgan fingerprint density at radius 1 is 0.950 bits per heavy atom. The molecule has 2 aromatic carbocycles. The van der Waals surface area contributed by atoms with E-state index in [1.165, 1.54) is 16.7 Å². The van der Waals surface area contributed by atoms with Gasteiger partial charge < -0.3 is 20.3 Å². The van der Waals surface area contributed by atoms with Crippen LogP contribution in [0.5, 0.6) is 0 Å². The van der Waals surface area contributed by atoms with Gasteiger partial charge in [-0.2, -0.15) is 0 Å². The SMILES string of the molecule is O=C(C[C@H]1S[C@H](c2ccc(Cl)cc2Cl)N(CC(=O)NCCCN2CCOCC2)C1=O)NCc1cc(Cl)ccc1Cl. The first-order chi connectivity index (χ1) is 19.2. The molecule has 2 saturated heterocycles. The fourth-order valence-corrected chi connectivity index (χ4v) is 6.95. The van der Waals surface area contributed by atoms with Crippen molar-refractivity contribution in [1.82, 2.24) is 20.4 Å². The van der Waals surface area contributed by atoms with E-state index in [-0.39, 0.29) is 37.2 Å². The van der Waals surface area contributed by atoms with Gasteiger partial charge in [0.1, 0.15) is 11.9 Å². The van der Waals surface area contributed by atoms with E-state index in [1.54, 1.807) is 36.4 Å². The quantitative estimate of drug-likeness (QED) is 0.341. The first kappa shape index (κ1) is 31.2. The number of amides is 3. The van der Waals surface area contributed by atoms with Gasteiger partial charge in [0.15, 0.2) is 0 Å². The maximum absolute atomic E-state index is 13.5. The Bertz CT molecular complexity index is 1230. The molecule has 4 rings (SSSR count). The van der Waals surface area contributed by atoms with E-state index in [0.717, 1.165) is 39.3 Å². The highest BCUT2D eigenvalue weighted by Crippen LogP contribution is 2.46. The molecule has 2 atom stereocenters. The van der Waals surface area contributed by atoms with E-state index in [4.69, 9.17) is 51.1 Å². The average Bonchev–Trinajstić information content (AvgIpc) is 3.21. The zero-order chi connectivity index (χ0) is 28.6. The summed E-state index contributed by atoms with van der Waals surface area (Å²) in [4.78, 5) is 42.9. The minimum atomic E-state index is -0.694. The number of benzene rings is 2. The molecule has 3 amide bonds. The topological polar surface area (TPSA) is 91.0 Å². The van der Waals surface area contributed by atoms with Gasteiger partial charge in [-0.05, 0) is 48.9 Å². The molecule has 8 nitrogen and oxygen atoms in total. The van der Waals surface area contributed by atoms with Crippen molar-refractivity contribution in [3.8, 4) is 0 Å². The number of carbonyl (C=O) groups is 3. The van der Waals surface area contributed by atoms with Gasteiger partial charge in [0.05, 0.1) is 18.5 Å². The summed E-state index contributed by atoms with van der Waals surface area (Å²) in [6.07, 6.45) is 0.724. The van der Waals surface area contributed by atoms with Crippen LogP contribution in [0.15, 0.2) is 36.4 Å². The van der Waals surface area contributed by atoms with Crippen LogP contribution >= 0.6 is 58.2 Å². The van der Waals surface area contributed by atoms with E-state index >= 15 is 0 Å². The smallest absolute Gasteiger partial charge is 0.239 e. The monoisotopic (exact) mass is 646 g/mol. The zero-order valence-corrected chi connectivity index (χ0v) is 25.5. The van der Waals surface area contributed by atoms with Crippen molar-refractivity contribution in [3.05, 3.63) is 67.6 Å². The van der Waals surface area contributed by atoms with E-state index < -0.39 is 10.6 Å². The van der Waals surface area contributed by atoms with Crippen LogP contribution in [-0.4, -0.2) is 78.7 Å². The highest BCUT2D eigenvalue weighted by Gasteiger charge is 2.43. The molecule has 2 aliphatic heterocycles. The molecule has 40 heavy (non-hydrogen) atoms. The molecule has 2 aliphatic rings. The Labute approximate surface area is 258 Å². The van der Waals surface area contributed by atoms with Gasteiger partial charge in [-0.25, -0.2) is 0 Å². The maximum Gasteiger partial charge on any atom is 0.239 e. The molecule has 0 aliphatic carbocycles. The fraction of sp³-hybridized carbons (Fsp3) is 0.444. The van der Waals surface area contributed by atoms with E-state index in [2.05, 4.69) is 15.5 Å². The Morgan fingerprint density at radius 3 is 2.42 bits per heavy atom. The molecule has 2 fully saturated rings. The third-order valence-electron chi connectivity index (χ3n) is 6.61. The Balaban J connectivity index is 1.37. The molecule has 0 spiro atoms. The van der Waals surface area contributed by atoms with Crippen molar-refractivity contribution in [3.63, 3.8) is 0 Å². The van der Waals surface area contributed by atoms with Crippen LogP contribution in [0.1, 0.15) is 29.3 Å². The molecule has 0 saturated carbocycles. The summed E-state index contributed by atoms with van der Waals surface area (Å²) in [6.45, 7) is 4.61. The van der Waals surface area contributed by atoms with Gasteiger partial charge in [0, 0.05) is 58.3 Å². The van der Waals surface area contributed by atoms with E-state index in [1.807, 2.05) is 0 Å². The van der Waals surface area contributed by atoms with Crippen molar-refractivity contribution in [1.29, 1.82) is 0 Å². The van der Waals surface area contributed by atoms with Crippen LogP contribution in [0.25, 0.3) is 0 Å². The van der Waals surface area contributed by atoms with Crippen molar-refractivity contribution < 1.29 is 19.1 Å². The number of rotatable bonds is 11. The standard InChI is InChI=1S/C27H30Cl4N4O4S/c28-18-3-5-21(30)17(12-18)15-33-24(36)14-23-26(38)35(27(40-23)20-4-2-19(29)13-22(20)31)16-25(37)32-6-1-7-34-8-10-39-11-9-34/h2-5,12-13,23,27H,1,6-11,14-16H2,(H,32,37)(H,33,36)/t23-,27-/m1/s1. The van der Waals surface area contributed by atoms with E-state index in [9.17, 15) is 14.4 Å². The van der Waals surface area contributed by atoms with Crippen molar-refractivity contribution in [2.75, 3.05) is 45.9 Å². The molecule has 2 aromatic rings. The number of hydrogen-bond donors (Lipinski definition) is 2. The molecule has 0 unspecified atom stereocenters. The number of carbonyl (C=O) groups excluding carboxylic acids is 3. The molecule has 0 bridgehead atoms. The van der Waals surface area contributed by atoms with E-state index in [0.29, 0.717) is 37.8 Å². The summed E-state index contributed by atoms with van der Waals surface area (Å²) < 4.78 is 5.36. The van der Waals surface area contributed by atoms with Gasteiger partial charge in [-0.15, -0.1) is 11.8 Å². The molecule has 0 aromatic heterocycles. The summed E-state index contributed by atoms with van der Waals surface area (Å²) in [5, 5.41) is 6.31. The largest absolute Gasteiger partial charge is 0.379 e. The van der Waals surface area contributed by atoms with Crippen LogP contribution in [0, 0.1) is 0 Å². The lowest BCUT2D eigenvalue weighted by atomic mass is 10.1. The number of ether oxygens (including phenoxy) is 1. The summed E-state index contributed by atoms with van der Waals surface area (Å²) in [6, 6.07) is 10.0. The maximum atomic E-state index is 13.5. The number of nitrogens with zero attached hydrogens (tertiary/aromatic N) is 2. The third-order valence-corrected chi connectivity index (χ3v) is 9.24. The second-order valence-corrected chi connectivity index (χ2v) is 12.5.